The maximum atomic E-state index is 11.7. The maximum Gasteiger partial charge on any atom is 0.238 e. The Morgan fingerprint density at radius 2 is 2.12 bits per heavy atom. The zero-order chi connectivity index (χ0) is 12.7. The minimum atomic E-state index is 0.0125. The van der Waals surface area contributed by atoms with Crippen LogP contribution in [0.2, 0.25) is 0 Å². The van der Waals surface area contributed by atoms with Crippen molar-refractivity contribution in [1.82, 2.24) is 5.32 Å². The molecule has 1 rings (SSSR count). The van der Waals surface area contributed by atoms with Crippen LogP contribution in [-0.4, -0.2) is 18.5 Å². The van der Waals surface area contributed by atoms with E-state index in [0.717, 1.165) is 18.5 Å². The molecule has 1 unspecified atom stereocenters. The molecule has 3 heteroatoms. The molecule has 3 nitrogen and oxygen atoms in total. The Labute approximate surface area is 104 Å². The molecule has 17 heavy (non-hydrogen) atoms. The van der Waals surface area contributed by atoms with E-state index in [1.807, 2.05) is 18.2 Å². The van der Waals surface area contributed by atoms with Gasteiger partial charge in [-0.1, -0.05) is 26.0 Å². The fourth-order valence-corrected chi connectivity index (χ4v) is 1.49. The van der Waals surface area contributed by atoms with Crippen molar-refractivity contribution in [2.24, 2.45) is 0 Å². The molecular weight excluding hydrogens is 212 g/mol. The van der Waals surface area contributed by atoms with Gasteiger partial charge in [0.25, 0.3) is 0 Å². The summed E-state index contributed by atoms with van der Waals surface area (Å²) in [5, 5.41) is 6.06. The van der Waals surface area contributed by atoms with E-state index in [1.165, 1.54) is 5.56 Å². The smallest absolute Gasteiger partial charge is 0.238 e. The van der Waals surface area contributed by atoms with Gasteiger partial charge in [-0.2, -0.15) is 0 Å². The van der Waals surface area contributed by atoms with Crippen LogP contribution in [0.1, 0.15) is 32.8 Å². The van der Waals surface area contributed by atoms with Crippen molar-refractivity contribution in [3.8, 4) is 0 Å². The summed E-state index contributed by atoms with van der Waals surface area (Å²) >= 11 is 0. The van der Waals surface area contributed by atoms with Crippen LogP contribution in [0.4, 0.5) is 5.69 Å². The Morgan fingerprint density at radius 3 is 2.76 bits per heavy atom. The van der Waals surface area contributed by atoms with Crippen LogP contribution in [-0.2, 0) is 11.2 Å². The average Bonchev–Trinajstić information content (AvgIpc) is 2.36. The molecule has 0 aromatic heterocycles. The number of carbonyl (C=O) groups is 1. The van der Waals surface area contributed by atoms with Crippen molar-refractivity contribution in [2.45, 2.75) is 39.7 Å². The molecule has 0 bridgehead atoms. The lowest BCUT2D eigenvalue weighted by atomic mass is 10.1. The van der Waals surface area contributed by atoms with Gasteiger partial charge in [-0.05, 0) is 37.5 Å². The highest BCUT2D eigenvalue weighted by atomic mass is 16.1. The molecule has 1 atom stereocenters. The van der Waals surface area contributed by atoms with Crippen LogP contribution in [0.25, 0.3) is 0 Å². The van der Waals surface area contributed by atoms with E-state index in [1.54, 1.807) is 0 Å². The van der Waals surface area contributed by atoms with E-state index in [2.05, 4.69) is 37.5 Å². The molecule has 94 valence electrons. The highest BCUT2D eigenvalue weighted by molar-refractivity contribution is 5.92. The third-order valence-electron chi connectivity index (χ3n) is 2.84. The predicted molar refractivity (Wildman–Crippen MR) is 72.2 cm³/mol. The van der Waals surface area contributed by atoms with Crippen LogP contribution in [0.5, 0.6) is 0 Å². The van der Waals surface area contributed by atoms with E-state index in [9.17, 15) is 4.79 Å². The molecule has 1 amide bonds. The van der Waals surface area contributed by atoms with E-state index in [0.29, 0.717) is 12.6 Å². The van der Waals surface area contributed by atoms with Crippen LogP contribution >= 0.6 is 0 Å². The van der Waals surface area contributed by atoms with Gasteiger partial charge in [-0.3, -0.25) is 4.79 Å². The lowest BCUT2D eigenvalue weighted by Gasteiger charge is -2.11. The number of carbonyl (C=O) groups excluding carboxylic acids is 1. The van der Waals surface area contributed by atoms with Gasteiger partial charge in [0, 0.05) is 11.7 Å². The summed E-state index contributed by atoms with van der Waals surface area (Å²) < 4.78 is 0. The first-order valence-electron chi connectivity index (χ1n) is 6.27. The molecule has 0 aliphatic heterocycles. The summed E-state index contributed by atoms with van der Waals surface area (Å²) in [6, 6.07) is 8.34. The first-order chi connectivity index (χ1) is 8.15. The standard InChI is InChI=1S/C14H22N2O/c1-4-11(3)15-10-14(17)16-13-8-6-7-12(5-2)9-13/h6-9,11,15H,4-5,10H2,1-3H3,(H,16,17). The molecule has 0 aliphatic carbocycles. The van der Waals surface area contributed by atoms with Crippen LogP contribution < -0.4 is 10.6 Å². The normalized spacial score (nSPS) is 12.2. The second-order valence-electron chi connectivity index (χ2n) is 4.29. The first kappa shape index (κ1) is 13.7. The second kappa shape index (κ2) is 7.07. The molecule has 1 aromatic rings. The Balaban J connectivity index is 2.44. The van der Waals surface area contributed by atoms with E-state index in [4.69, 9.17) is 0 Å². The number of rotatable bonds is 6. The van der Waals surface area contributed by atoms with Crippen LogP contribution in [0.15, 0.2) is 24.3 Å². The zero-order valence-electron chi connectivity index (χ0n) is 10.9. The minimum Gasteiger partial charge on any atom is -0.325 e. The minimum absolute atomic E-state index is 0.0125. The number of benzene rings is 1. The summed E-state index contributed by atoms with van der Waals surface area (Å²) in [4.78, 5) is 11.7. The molecule has 0 saturated carbocycles. The summed E-state index contributed by atoms with van der Waals surface area (Å²) in [6.07, 6.45) is 2.01. The molecule has 2 N–H and O–H groups in total. The Kier molecular flexibility index (Phi) is 5.70. The van der Waals surface area contributed by atoms with Gasteiger partial charge in [0.05, 0.1) is 6.54 Å². The van der Waals surface area contributed by atoms with Crippen LogP contribution in [0.3, 0.4) is 0 Å². The van der Waals surface area contributed by atoms with Crippen molar-refractivity contribution in [2.75, 3.05) is 11.9 Å². The van der Waals surface area contributed by atoms with Gasteiger partial charge < -0.3 is 10.6 Å². The SMILES string of the molecule is CCc1cccc(NC(=O)CNC(C)CC)c1. The van der Waals surface area contributed by atoms with Gasteiger partial charge in [0.15, 0.2) is 0 Å². The highest BCUT2D eigenvalue weighted by Gasteiger charge is 2.04. The summed E-state index contributed by atoms with van der Waals surface area (Å²) in [7, 11) is 0. The van der Waals surface area contributed by atoms with E-state index < -0.39 is 0 Å². The molecule has 0 saturated heterocycles. The molecule has 0 aliphatic rings. The molecule has 1 aromatic carbocycles. The molecule has 0 heterocycles. The van der Waals surface area contributed by atoms with Crippen molar-refractivity contribution in [3.05, 3.63) is 29.8 Å². The summed E-state index contributed by atoms with van der Waals surface area (Å²) in [6.45, 7) is 6.64. The van der Waals surface area contributed by atoms with Crippen molar-refractivity contribution in [3.63, 3.8) is 0 Å². The highest BCUT2D eigenvalue weighted by Crippen LogP contribution is 2.10. The lowest BCUT2D eigenvalue weighted by Crippen LogP contribution is -2.33. The predicted octanol–water partition coefficient (Wildman–Crippen LogP) is 2.58. The number of amides is 1. The molecular formula is C14H22N2O. The van der Waals surface area contributed by atoms with E-state index >= 15 is 0 Å². The monoisotopic (exact) mass is 234 g/mol. The quantitative estimate of drug-likeness (QED) is 0.794. The van der Waals surface area contributed by atoms with Gasteiger partial charge in [0.1, 0.15) is 0 Å². The maximum absolute atomic E-state index is 11.7. The van der Waals surface area contributed by atoms with Crippen molar-refractivity contribution < 1.29 is 4.79 Å². The fourth-order valence-electron chi connectivity index (χ4n) is 1.49. The lowest BCUT2D eigenvalue weighted by molar-refractivity contribution is -0.115. The third-order valence-corrected chi connectivity index (χ3v) is 2.84. The molecule has 0 radical (unpaired) electrons. The number of nitrogens with one attached hydrogen (secondary N) is 2. The van der Waals surface area contributed by atoms with Crippen LogP contribution in [0, 0.1) is 0 Å². The molecule has 0 fully saturated rings. The van der Waals surface area contributed by atoms with Gasteiger partial charge >= 0.3 is 0 Å². The summed E-state index contributed by atoms with van der Waals surface area (Å²) in [5.41, 5.74) is 2.11. The third kappa shape index (κ3) is 5.00. The Morgan fingerprint density at radius 1 is 1.35 bits per heavy atom. The molecule has 0 spiro atoms. The summed E-state index contributed by atoms with van der Waals surface area (Å²) in [5.74, 6) is 0.0125. The van der Waals surface area contributed by atoms with Crippen molar-refractivity contribution in [1.29, 1.82) is 0 Å². The number of hydrogen-bond donors (Lipinski definition) is 2. The largest absolute Gasteiger partial charge is 0.325 e. The van der Waals surface area contributed by atoms with E-state index in [-0.39, 0.29) is 5.91 Å². The first-order valence-corrected chi connectivity index (χ1v) is 6.27. The average molecular weight is 234 g/mol. The Bertz CT molecular complexity index is 363. The number of hydrogen-bond acceptors (Lipinski definition) is 2. The fraction of sp³-hybridized carbons (Fsp3) is 0.500. The topological polar surface area (TPSA) is 41.1 Å². The van der Waals surface area contributed by atoms with Gasteiger partial charge in [-0.15, -0.1) is 0 Å². The van der Waals surface area contributed by atoms with Gasteiger partial charge in [-0.25, -0.2) is 0 Å². The van der Waals surface area contributed by atoms with Gasteiger partial charge in [0.2, 0.25) is 5.91 Å². The number of anilines is 1. The van der Waals surface area contributed by atoms with Crippen molar-refractivity contribution >= 4 is 11.6 Å². The Hall–Kier alpha value is -1.35. The number of aryl methyl sites for hydroxylation is 1. The zero-order valence-corrected chi connectivity index (χ0v) is 10.9. The second-order valence-corrected chi connectivity index (χ2v) is 4.29.